The zero-order valence-electron chi connectivity index (χ0n) is 17.0. The van der Waals surface area contributed by atoms with Crippen LogP contribution in [0.15, 0.2) is 18.2 Å². The third kappa shape index (κ3) is 6.18. The fourth-order valence-electron chi connectivity index (χ4n) is 2.69. The third-order valence-electron chi connectivity index (χ3n) is 3.77. The SMILES string of the molecule is COc1cc(N(CC(C)(C)C)C(=O)CC(C)(C)C)ccc1C(C)C. The fraction of sp³-hybridized carbons (Fsp3) is 0.667. The molecule has 0 aliphatic carbocycles. The molecule has 1 rings (SSSR count). The minimum absolute atomic E-state index is 0.0253. The van der Waals surface area contributed by atoms with Crippen LogP contribution in [0.3, 0.4) is 0 Å². The molecular weight excluding hydrogens is 298 g/mol. The second-order valence-electron chi connectivity index (χ2n) is 9.36. The molecule has 0 fully saturated rings. The summed E-state index contributed by atoms with van der Waals surface area (Å²) < 4.78 is 5.57. The molecule has 0 unspecified atom stereocenters. The van der Waals surface area contributed by atoms with Gasteiger partial charge in [0, 0.05) is 24.7 Å². The number of ether oxygens (including phenoxy) is 1. The lowest BCUT2D eigenvalue weighted by molar-refractivity contribution is -0.120. The van der Waals surface area contributed by atoms with Crippen molar-refractivity contribution in [2.24, 2.45) is 10.8 Å². The molecule has 0 aliphatic rings. The Labute approximate surface area is 148 Å². The van der Waals surface area contributed by atoms with Crippen LogP contribution < -0.4 is 9.64 Å². The van der Waals surface area contributed by atoms with Crippen LogP contribution in [0.25, 0.3) is 0 Å². The van der Waals surface area contributed by atoms with Crippen LogP contribution in [-0.4, -0.2) is 19.6 Å². The van der Waals surface area contributed by atoms with Crippen LogP contribution in [0.5, 0.6) is 5.75 Å². The first-order valence-corrected chi connectivity index (χ1v) is 8.82. The molecule has 0 spiro atoms. The number of hydrogen-bond acceptors (Lipinski definition) is 2. The Kier molecular flexibility index (Phi) is 6.49. The number of nitrogens with zero attached hydrogens (tertiary/aromatic N) is 1. The monoisotopic (exact) mass is 333 g/mol. The summed E-state index contributed by atoms with van der Waals surface area (Å²) >= 11 is 0. The van der Waals surface area contributed by atoms with Gasteiger partial charge in [-0.1, -0.05) is 61.5 Å². The number of carbonyl (C=O) groups is 1. The van der Waals surface area contributed by atoms with E-state index in [1.165, 1.54) is 5.56 Å². The maximum Gasteiger partial charge on any atom is 0.227 e. The normalized spacial score (nSPS) is 12.4. The van der Waals surface area contributed by atoms with Crippen molar-refractivity contribution in [2.75, 3.05) is 18.6 Å². The number of anilines is 1. The van der Waals surface area contributed by atoms with E-state index in [1.54, 1.807) is 7.11 Å². The van der Waals surface area contributed by atoms with Gasteiger partial charge < -0.3 is 9.64 Å². The van der Waals surface area contributed by atoms with E-state index in [0.29, 0.717) is 18.9 Å². The van der Waals surface area contributed by atoms with Gasteiger partial charge in [0.1, 0.15) is 5.75 Å². The molecule has 1 aromatic carbocycles. The Morgan fingerprint density at radius 2 is 1.67 bits per heavy atom. The van der Waals surface area contributed by atoms with Crippen molar-refractivity contribution < 1.29 is 9.53 Å². The first kappa shape index (κ1) is 20.5. The van der Waals surface area contributed by atoms with E-state index < -0.39 is 0 Å². The van der Waals surface area contributed by atoms with Crippen molar-refractivity contribution in [3.63, 3.8) is 0 Å². The van der Waals surface area contributed by atoms with Gasteiger partial charge in [-0.2, -0.15) is 0 Å². The van der Waals surface area contributed by atoms with E-state index in [-0.39, 0.29) is 16.7 Å². The minimum atomic E-state index is -0.0326. The van der Waals surface area contributed by atoms with Crippen LogP contribution >= 0.6 is 0 Å². The Morgan fingerprint density at radius 1 is 1.08 bits per heavy atom. The summed E-state index contributed by atoms with van der Waals surface area (Å²) in [5.74, 6) is 1.40. The van der Waals surface area contributed by atoms with E-state index in [4.69, 9.17) is 4.74 Å². The van der Waals surface area contributed by atoms with Crippen molar-refractivity contribution in [3.8, 4) is 5.75 Å². The molecule has 0 heterocycles. The van der Waals surface area contributed by atoms with Crippen LogP contribution in [0.4, 0.5) is 5.69 Å². The van der Waals surface area contributed by atoms with Crippen molar-refractivity contribution in [2.45, 2.75) is 67.7 Å². The molecule has 0 aliphatic heterocycles. The van der Waals surface area contributed by atoms with Gasteiger partial charge in [0.05, 0.1) is 7.11 Å². The summed E-state index contributed by atoms with van der Waals surface area (Å²) in [6.45, 7) is 17.8. The minimum Gasteiger partial charge on any atom is -0.496 e. The molecule has 3 heteroatoms. The van der Waals surface area contributed by atoms with Gasteiger partial charge in [-0.3, -0.25) is 4.79 Å². The van der Waals surface area contributed by atoms with Crippen molar-refractivity contribution >= 4 is 11.6 Å². The Morgan fingerprint density at radius 3 is 2.08 bits per heavy atom. The van der Waals surface area contributed by atoms with Crippen LogP contribution in [0.1, 0.15) is 73.3 Å². The van der Waals surface area contributed by atoms with Gasteiger partial charge in [0.2, 0.25) is 5.91 Å². The van der Waals surface area contributed by atoms with Crippen LogP contribution in [0.2, 0.25) is 0 Å². The zero-order valence-corrected chi connectivity index (χ0v) is 17.0. The van der Waals surface area contributed by atoms with Crippen LogP contribution in [-0.2, 0) is 4.79 Å². The number of benzene rings is 1. The topological polar surface area (TPSA) is 29.5 Å². The van der Waals surface area contributed by atoms with Gasteiger partial charge in [-0.05, 0) is 28.4 Å². The Bertz CT molecular complexity index is 562. The number of methoxy groups -OCH3 is 1. The molecule has 0 saturated carbocycles. The Balaban J connectivity index is 3.26. The molecule has 0 bridgehead atoms. The van der Waals surface area contributed by atoms with E-state index in [2.05, 4.69) is 61.5 Å². The maximum atomic E-state index is 12.9. The molecule has 1 aromatic rings. The predicted octanol–water partition coefficient (Wildman–Crippen LogP) is 5.63. The highest BCUT2D eigenvalue weighted by Gasteiger charge is 2.26. The van der Waals surface area contributed by atoms with E-state index >= 15 is 0 Å². The number of amides is 1. The molecule has 0 N–H and O–H groups in total. The summed E-state index contributed by atoms with van der Waals surface area (Å²) in [4.78, 5) is 14.9. The molecule has 3 nitrogen and oxygen atoms in total. The molecule has 0 saturated heterocycles. The standard InChI is InChI=1S/C21H35NO2/c1-15(2)17-11-10-16(12-18(17)24-9)22(14-21(6,7)8)19(23)13-20(3,4)5/h10-12,15H,13-14H2,1-9H3. The number of carbonyl (C=O) groups excluding carboxylic acids is 1. The van der Waals surface area contributed by atoms with Crippen molar-refractivity contribution in [1.82, 2.24) is 0 Å². The van der Waals surface area contributed by atoms with E-state index in [0.717, 1.165) is 11.4 Å². The highest BCUT2D eigenvalue weighted by Crippen LogP contribution is 2.33. The van der Waals surface area contributed by atoms with Gasteiger partial charge in [0.15, 0.2) is 0 Å². The summed E-state index contributed by atoms with van der Waals surface area (Å²) in [6.07, 6.45) is 0.525. The third-order valence-corrected chi connectivity index (χ3v) is 3.77. The Hall–Kier alpha value is -1.51. The molecule has 0 radical (unpaired) electrons. The highest BCUT2D eigenvalue weighted by atomic mass is 16.5. The van der Waals surface area contributed by atoms with Gasteiger partial charge in [-0.15, -0.1) is 0 Å². The summed E-state index contributed by atoms with van der Waals surface area (Å²) in [5, 5.41) is 0. The van der Waals surface area contributed by atoms with E-state index in [1.807, 2.05) is 17.0 Å². The molecule has 1 amide bonds. The second kappa shape index (κ2) is 7.58. The lowest BCUT2D eigenvalue weighted by Gasteiger charge is -2.32. The summed E-state index contributed by atoms with van der Waals surface area (Å²) in [5.41, 5.74) is 2.08. The zero-order chi connectivity index (χ0) is 18.7. The van der Waals surface area contributed by atoms with Crippen molar-refractivity contribution in [3.05, 3.63) is 23.8 Å². The highest BCUT2D eigenvalue weighted by molar-refractivity contribution is 5.94. The van der Waals surface area contributed by atoms with Gasteiger partial charge in [0.25, 0.3) is 0 Å². The summed E-state index contributed by atoms with van der Waals surface area (Å²) in [7, 11) is 1.69. The average Bonchev–Trinajstić information content (AvgIpc) is 2.41. The number of rotatable bonds is 5. The quantitative estimate of drug-likeness (QED) is 0.698. The fourth-order valence-corrected chi connectivity index (χ4v) is 2.69. The molecule has 0 atom stereocenters. The molecule has 136 valence electrons. The second-order valence-corrected chi connectivity index (χ2v) is 9.36. The van der Waals surface area contributed by atoms with Gasteiger partial charge >= 0.3 is 0 Å². The maximum absolute atomic E-state index is 12.9. The smallest absolute Gasteiger partial charge is 0.227 e. The largest absolute Gasteiger partial charge is 0.496 e. The predicted molar refractivity (Wildman–Crippen MR) is 103 cm³/mol. The van der Waals surface area contributed by atoms with Crippen LogP contribution in [0, 0.1) is 10.8 Å². The van der Waals surface area contributed by atoms with E-state index in [9.17, 15) is 4.79 Å². The average molecular weight is 334 g/mol. The summed E-state index contributed by atoms with van der Waals surface area (Å²) in [6, 6.07) is 6.13. The number of hydrogen-bond donors (Lipinski definition) is 0. The lowest BCUT2D eigenvalue weighted by atomic mass is 9.90. The molecule has 24 heavy (non-hydrogen) atoms. The molecule has 0 aromatic heterocycles. The first-order valence-electron chi connectivity index (χ1n) is 8.82. The van der Waals surface area contributed by atoms with Gasteiger partial charge in [-0.25, -0.2) is 0 Å². The lowest BCUT2D eigenvalue weighted by Crippen LogP contribution is -2.39. The van der Waals surface area contributed by atoms with Crippen molar-refractivity contribution in [1.29, 1.82) is 0 Å². The molecular formula is C21H35NO2. The first-order chi connectivity index (χ1) is 10.8.